The Hall–Kier alpha value is -1.62. The van der Waals surface area contributed by atoms with E-state index in [1.165, 1.54) is 12.8 Å². The lowest BCUT2D eigenvalue weighted by Crippen LogP contribution is -2.33. The van der Waals surface area contributed by atoms with Crippen molar-refractivity contribution in [2.24, 2.45) is 0 Å². The fraction of sp³-hybridized carbons (Fsp3) is 0.412. The number of carbonyl (C=O) groups excluding carboxylic acids is 1. The molecule has 1 aliphatic rings. The van der Waals surface area contributed by atoms with Gasteiger partial charge in [-0.1, -0.05) is 34.8 Å². The van der Waals surface area contributed by atoms with Crippen LogP contribution in [-0.4, -0.2) is 16.9 Å². The highest BCUT2D eigenvalue weighted by molar-refractivity contribution is 9.10. The molecule has 0 aliphatic heterocycles. The molecule has 1 heterocycles. The van der Waals surface area contributed by atoms with Crippen LogP contribution in [0, 0.1) is 6.92 Å². The molecular weight excluding hydrogens is 344 g/mol. The molecule has 2 aromatic rings. The normalized spacial score (nSPS) is 15.2. The molecule has 4 nitrogen and oxygen atoms in total. The maximum atomic E-state index is 12.1. The lowest BCUT2D eigenvalue weighted by molar-refractivity contribution is -0.121. The van der Waals surface area contributed by atoms with Crippen molar-refractivity contribution in [1.82, 2.24) is 10.3 Å². The van der Waals surface area contributed by atoms with Crippen LogP contribution >= 0.6 is 15.9 Å². The van der Waals surface area contributed by atoms with E-state index in [9.17, 15) is 4.79 Å². The fourth-order valence-corrected chi connectivity index (χ4v) is 3.24. The molecule has 0 radical (unpaired) electrons. The number of halogens is 1. The van der Waals surface area contributed by atoms with Crippen molar-refractivity contribution in [3.05, 3.63) is 40.2 Å². The van der Waals surface area contributed by atoms with Crippen molar-refractivity contribution < 1.29 is 9.21 Å². The quantitative estimate of drug-likeness (QED) is 0.893. The third-order valence-electron chi connectivity index (χ3n) is 4.01. The van der Waals surface area contributed by atoms with Crippen LogP contribution in [0.3, 0.4) is 0 Å². The molecule has 3 rings (SSSR count). The van der Waals surface area contributed by atoms with E-state index in [4.69, 9.17) is 4.42 Å². The van der Waals surface area contributed by atoms with Gasteiger partial charge in [0.1, 0.15) is 5.76 Å². The van der Waals surface area contributed by atoms with Crippen LogP contribution in [0.1, 0.15) is 37.1 Å². The Morgan fingerprint density at radius 1 is 1.41 bits per heavy atom. The minimum Gasteiger partial charge on any atom is -0.441 e. The van der Waals surface area contributed by atoms with Gasteiger partial charge in [0.05, 0.1) is 12.1 Å². The number of amides is 1. The Morgan fingerprint density at radius 2 is 2.18 bits per heavy atom. The van der Waals surface area contributed by atoms with Crippen molar-refractivity contribution in [3.8, 4) is 11.5 Å². The highest BCUT2D eigenvalue weighted by atomic mass is 79.9. The van der Waals surface area contributed by atoms with Crippen LogP contribution in [0.5, 0.6) is 0 Å². The molecule has 1 amide bonds. The minimum atomic E-state index is 0.0316. The van der Waals surface area contributed by atoms with Gasteiger partial charge < -0.3 is 9.73 Å². The van der Waals surface area contributed by atoms with Gasteiger partial charge in [0.2, 0.25) is 11.8 Å². The Bertz CT molecular complexity index is 675. The van der Waals surface area contributed by atoms with Gasteiger partial charge in [-0.25, -0.2) is 4.98 Å². The van der Waals surface area contributed by atoms with Crippen molar-refractivity contribution in [2.75, 3.05) is 0 Å². The first-order valence-corrected chi connectivity index (χ1v) is 8.43. The number of hydrogen-bond donors (Lipinski definition) is 1. The average molecular weight is 363 g/mol. The van der Waals surface area contributed by atoms with E-state index in [1.807, 2.05) is 31.2 Å². The Morgan fingerprint density at radius 3 is 2.91 bits per heavy atom. The van der Waals surface area contributed by atoms with E-state index < -0.39 is 0 Å². The second-order valence-corrected chi connectivity index (χ2v) is 6.67. The molecule has 5 heteroatoms. The summed E-state index contributed by atoms with van der Waals surface area (Å²) in [6, 6.07) is 8.12. The van der Waals surface area contributed by atoms with E-state index >= 15 is 0 Å². The largest absolute Gasteiger partial charge is 0.441 e. The summed E-state index contributed by atoms with van der Waals surface area (Å²) >= 11 is 3.44. The molecule has 1 fully saturated rings. The molecule has 22 heavy (non-hydrogen) atoms. The smallest absolute Gasteiger partial charge is 0.226 e. The Labute approximate surface area is 138 Å². The predicted molar refractivity (Wildman–Crippen MR) is 88.5 cm³/mol. The van der Waals surface area contributed by atoms with Gasteiger partial charge in [-0.3, -0.25) is 4.79 Å². The van der Waals surface area contributed by atoms with Crippen molar-refractivity contribution in [3.63, 3.8) is 0 Å². The maximum Gasteiger partial charge on any atom is 0.226 e. The predicted octanol–water partition coefficient (Wildman–Crippen LogP) is 4.01. The van der Waals surface area contributed by atoms with Gasteiger partial charge in [-0.2, -0.15) is 0 Å². The monoisotopic (exact) mass is 362 g/mol. The van der Waals surface area contributed by atoms with Gasteiger partial charge in [-0.05, 0) is 38.0 Å². The zero-order chi connectivity index (χ0) is 15.5. The van der Waals surface area contributed by atoms with Crippen LogP contribution < -0.4 is 5.32 Å². The maximum absolute atomic E-state index is 12.1. The van der Waals surface area contributed by atoms with Crippen LogP contribution in [0.15, 0.2) is 33.2 Å². The number of benzene rings is 1. The first-order chi connectivity index (χ1) is 10.6. The highest BCUT2D eigenvalue weighted by Crippen LogP contribution is 2.25. The van der Waals surface area contributed by atoms with Gasteiger partial charge in [0, 0.05) is 16.1 Å². The van der Waals surface area contributed by atoms with E-state index in [0.717, 1.165) is 22.9 Å². The van der Waals surface area contributed by atoms with Crippen LogP contribution in [0.25, 0.3) is 11.5 Å². The summed E-state index contributed by atoms with van der Waals surface area (Å²) in [5, 5.41) is 3.08. The topological polar surface area (TPSA) is 55.1 Å². The molecule has 0 atom stereocenters. The summed E-state index contributed by atoms with van der Waals surface area (Å²) in [5.41, 5.74) is 1.62. The second kappa shape index (κ2) is 6.65. The number of oxazole rings is 1. The molecule has 0 bridgehead atoms. The number of carbonyl (C=O) groups is 1. The van der Waals surface area contributed by atoms with Crippen LogP contribution in [-0.2, 0) is 11.2 Å². The molecule has 1 aromatic heterocycles. The van der Waals surface area contributed by atoms with Gasteiger partial charge in [-0.15, -0.1) is 0 Å². The number of aromatic nitrogens is 1. The lowest BCUT2D eigenvalue weighted by Gasteiger charge is -2.10. The molecule has 1 N–H and O–H groups in total. The molecule has 1 aromatic carbocycles. The number of nitrogens with zero attached hydrogens (tertiary/aromatic N) is 1. The van der Waals surface area contributed by atoms with E-state index in [1.54, 1.807) is 0 Å². The molecular formula is C17H19BrN2O2. The second-order valence-electron chi connectivity index (χ2n) is 5.76. The van der Waals surface area contributed by atoms with E-state index in [-0.39, 0.29) is 12.3 Å². The average Bonchev–Trinajstić information content (AvgIpc) is 3.10. The first-order valence-electron chi connectivity index (χ1n) is 7.63. The molecule has 1 saturated carbocycles. The zero-order valence-electron chi connectivity index (χ0n) is 12.6. The van der Waals surface area contributed by atoms with E-state index in [0.29, 0.717) is 23.4 Å². The molecule has 0 unspecified atom stereocenters. The SMILES string of the molecule is Cc1oc(-c2cccc(Br)c2)nc1CC(=O)NC1CCCC1. The van der Waals surface area contributed by atoms with Gasteiger partial charge in [0.25, 0.3) is 0 Å². The molecule has 1 aliphatic carbocycles. The van der Waals surface area contributed by atoms with E-state index in [2.05, 4.69) is 26.2 Å². The highest BCUT2D eigenvalue weighted by Gasteiger charge is 2.19. The minimum absolute atomic E-state index is 0.0316. The zero-order valence-corrected chi connectivity index (χ0v) is 14.1. The van der Waals surface area contributed by atoms with Gasteiger partial charge >= 0.3 is 0 Å². The molecule has 116 valence electrons. The summed E-state index contributed by atoms with van der Waals surface area (Å²) in [6.07, 6.45) is 4.88. The number of nitrogens with one attached hydrogen (secondary N) is 1. The fourth-order valence-electron chi connectivity index (χ4n) is 2.84. The third-order valence-corrected chi connectivity index (χ3v) is 4.51. The molecule has 0 spiro atoms. The Kier molecular flexibility index (Phi) is 4.62. The summed E-state index contributed by atoms with van der Waals surface area (Å²) in [5.74, 6) is 1.29. The summed E-state index contributed by atoms with van der Waals surface area (Å²) in [6.45, 7) is 1.85. The van der Waals surface area contributed by atoms with Crippen LogP contribution in [0.2, 0.25) is 0 Å². The van der Waals surface area contributed by atoms with Crippen molar-refractivity contribution in [2.45, 2.75) is 45.1 Å². The van der Waals surface area contributed by atoms with Crippen molar-refractivity contribution >= 4 is 21.8 Å². The first kappa shape index (κ1) is 15.3. The lowest BCUT2D eigenvalue weighted by atomic mass is 10.2. The standard InChI is InChI=1S/C17H19BrN2O2/c1-11-15(10-16(21)19-14-7-2-3-8-14)20-17(22-11)12-5-4-6-13(18)9-12/h4-6,9,14H,2-3,7-8,10H2,1H3,(H,19,21). The number of hydrogen-bond acceptors (Lipinski definition) is 3. The summed E-state index contributed by atoms with van der Waals surface area (Å²) in [4.78, 5) is 16.6. The van der Waals surface area contributed by atoms with Gasteiger partial charge in [0.15, 0.2) is 0 Å². The third kappa shape index (κ3) is 3.58. The number of aryl methyl sites for hydroxylation is 1. The van der Waals surface area contributed by atoms with Crippen molar-refractivity contribution in [1.29, 1.82) is 0 Å². The summed E-state index contributed by atoms with van der Waals surface area (Å²) < 4.78 is 6.69. The number of rotatable bonds is 4. The summed E-state index contributed by atoms with van der Waals surface area (Å²) in [7, 11) is 0. The van der Waals surface area contributed by atoms with Crippen LogP contribution in [0.4, 0.5) is 0 Å². The molecule has 0 saturated heterocycles. The Balaban J connectivity index is 1.70.